The smallest absolute Gasteiger partial charge is 0.251 e. The molecule has 0 N–H and O–H groups in total. The SMILES string of the molecule is O=C1CC(N2CCCCCC2)C(=O)N1c1ccccc1. The first-order valence-electron chi connectivity index (χ1n) is 7.43. The molecule has 2 fully saturated rings. The van der Waals surface area contributed by atoms with Crippen LogP contribution in [0, 0.1) is 0 Å². The molecule has 106 valence electrons. The lowest BCUT2D eigenvalue weighted by atomic mass is 10.2. The van der Waals surface area contributed by atoms with E-state index in [4.69, 9.17) is 0 Å². The van der Waals surface area contributed by atoms with Crippen LogP contribution >= 0.6 is 0 Å². The van der Waals surface area contributed by atoms with Gasteiger partial charge in [0.25, 0.3) is 5.91 Å². The van der Waals surface area contributed by atoms with E-state index >= 15 is 0 Å². The number of amides is 2. The standard InChI is InChI=1S/C16H20N2O2/c19-15-12-14(17-10-6-1-2-7-11-17)16(20)18(15)13-8-4-3-5-9-13/h3-5,8-9,14H,1-2,6-7,10-12H2. The van der Waals surface area contributed by atoms with Gasteiger partial charge in [-0.15, -0.1) is 0 Å². The second-order valence-corrected chi connectivity index (χ2v) is 5.57. The van der Waals surface area contributed by atoms with Crippen molar-refractivity contribution in [2.45, 2.75) is 38.1 Å². The molecule has 1 aromatic carbocycles. The van der Waals surface area contributed by atoms with Crippen LogP contribution in [-0.4, -0.2) is 35.8 Å². The van der Waals surface area contributed by atoms with Gasteiger partial charge in [0.15, 0.2) is 0 Å². The summed E-state index contributed by atoms with van der Waals surface area (Å²) in [4.78, 5) is 28.4. The van der Waals surface area contributed by atoms with Gasteiger partial charge in [0.05, 0.1) is 18.2 Å². The van der Waals surface area contributed by atoms with E-state index in [1.807, 2.05) is 30.3 Å². The number of para-hydroxylation sites is 1. The number of benzene rings is 1. The Hall–Kier alpha value is -1.68. The van der Waals surface area contributed by atoms with E-state index in [1.54, 1.807) is 0 Å². The fraction of sp³-hybridized carbons (Fsp3) is 0.500. The molecule has 20 heavy (non-hydrogen) atoms. The topological polar surface area (TPSA) is 40.6 Å². The van der Waals surface area contributed by atoms with Crippen molar-refractivity contribution in [3.8, 4) is 0 Å². The number of rotatable bonds is 2. The van der Waals surface area contributed by atoms with Crippen molar-refractivity contribution in [1.29, 1.82) is 0 Å². The molecule has 2 amide bonds. The third-order valence-corrected chi connectivity index (χ3v) is 4.22. The maximum absolute atomic E-state index is 12.6. The predicted octanol–water partition coefficient (Wildman–Crippen LogP) is 2.19. The molecule has 2 aliphatic heterocycles. The van der Waals surface area contributed by atoms with Gasteiger partial charge < -0.3 is 0 Å². The summed E-state index contributed by atoms with van der Waals surface area (Å²) in [5, 5.41) is 0. The zero-order valence-corrected chi connectivity index (χ0v) is 11.6. The summed E-state index contributed by atoms with van der Waals surface area (Å²) in [6.07, 6.45) is 5.04. The van der Waals surface area contributed by atoms with E-state index < -0.39 is 0 Å². The molecule has 4 heteroatoms. The van der Waals surface area contributed by atoms with Crippen molar-refractivity contribution in [2.24, 2.45) is 0 Å². The van der Waals surface area contributed by atoms with Gasteiger partial charge >= 0.3 is 0 Å². The average Bonchev–Trinajstić information content (AvgIpc) is 2.67. The summed E-state index contributed by atoms with van der Waals surface area (Å²) in [5.41, 5.74) is 0.694. The first-order chi connectivity index (χ1) is 9.77. The molecule has 0 radical (unpaired) electrons. The van der Waals surface area contributed by atoms with Gasteiger partial charge in [-0.3, -0.25) is 14.5 Å². The zero-order chi connectivity index (χ0) is 13.9. The van der Waals surface area contributed by atoms with Crippen molar-refractivity contribution >= 4 is 17.5 Å². The van der Waals surface area contributed by atoms with Crippen molar-refractivity contribution in [3.05, 3.63) is 30.3 Å². The molecule has 1 aromatic rings. The molecule has 0 bridgehead atoms. The van der Waals surface area contributed by atoms with E-state index in [0.717, 1.165) is 25.9 Å². The zero-order valence-electron chi connectivity index (χ0n) is 11.6. The van der Waals surface area contributed by atoms with Crippen molar-refractivity contribution < 1.29 is 9.59 Å². The first-order valence-corrected chi connectivity index (χ1v) is 7.43. The number of imide groups is 1. The Kier molecular flexibility index (Phi) is 3.83. The summed E-state index contributed by atoms with van der Waals surface area (Å²) >= 11 is 0. The second kappa shape index (κ2) is 5.75. The highest BCUT2D eigenvalue weighted by molar-refractivity contribution is 6.22. The molecule has 1 atom stereocenters. The Morgan fingerprint density at radius 2 is 1.55 bits per heavy atom. The van der Waals surface area contributed by atoms with Crippen LogP contribution in [0.5, 0.6) is 0 Å². The highest BCUT2D eigenvalue weighted by Gasteiger charge is 2.42. The van der Waals surface area contributed by atoms with E-state index in [-0.39, 0.29) is 17.9 Å². The summed E-state index contributed by atoms with van der Waals surface area (Å²) < 4.78 is 0. The predicted molar refractivity (Wildman–Crippen MR) is 77.4 cm³/mol. The first kappa shape index (κ1) is 13.3. The highest BCUT2D eigenvalue weighted by Crippen LogP contribution is 2.26. The lowest BCUT2D eigenvalue weighted by Crippen LogP contribution is -2.42. The van der Waals surface area contributed by atoms with Crippen molar-refractivity contribution in [1.82, 2.24) is 4.90 Å². The number of anilines is 1. The maximum atomic E-state index is 12.6. The maximum Gasteiger partial charge on any atom is 0.251 e. The average molecular weight is 272 g/mol. The van der Waals surface area contributed by atoms with Crippen LogP contribution in [0.1, 0.15) is 32.1 Å². The Balaban J connectivity index is 1.79. The van der Waals surface area contributed by atoms with Crippen molar-refractivity contribution in [2.75, 3.05) is 18.0 Å². The molecule has 2 saturated heterocycles. The fourth-order valence-corrected chi connectivity index (χ4v) is 3.16. The number of likely N-dealkylation sites (tertiary alicyclic amines) is 1. The third-order valence-electron chi connectivity index (χ3n) is 4.22. The number of carbonyl (C=O) groups is 2. The number of nitrogens with zero attached hydrogens (tertiary/aromatic N) is 2. The van der Waals surface area contributed by atoms with Crippen LogP contribution in [0.2, 0.25) is 0 Å². The minimum absolute atomic E-state index is 0.0527. The Morgan fingerprint density at radius 1 is 0.900 bits per heavy atom. The molecular weight excluding hydrogens is 252 g/mol. The number of hydrogen-bond acceptors (Lipinski definition) is 3. The summed E-state index contributed by atoms with van der Waals surface area (Å²) in [5.74, 6) is -0.126. The minimum atomic E-state index is -0.249. The van der Waals surface area contributed by atoms with Gasteiger partial charge in [0.1, 0.15) is 0 Å². The fourth-order valence-electron chi connectivity index (χ4n) is 3.16. The molecule has 0 aromatic heterocycles. The van der Waals surface area contributed by atoms with Crippen LogP contribution in [0.15, 0.2) is 30.3 Å². The molecule has 1 unspecified atom stereocenters. The monoisotopic (exact) mass is 272 g/mol. The molecule has 2 aliphatic rings. The van der Waals surface area contributed by atoms with Gasteiger partial charge in [-0.05, 0) is 38.1 Å². The lowest BCUT2D eigenvalue weighted by Gasteiger charge is -2.25. The van der Waals surface area contributed by atoms with Gasteiger partial charge in [-0.25, -0.2) is 4.90 Å². The molecule has 0 spiro atoms. The number of hydrogen-bond donors (Lipinski definition) is 0. The molecular formula is C16H20N2O2. The van der Waals surface area contributed by atoms with E-state index in [2.05, 4.69) is 4.90 Å². The van der Waals surface area contributed by atoms with E-state index in [9.17, 15) is 9.59 Å². The van der Waals surface area contributed by atoms with Crippen LogP contribution in [0.3, 0.4) is 0 Å². The second-order valence-electron chi connectivity index (χ2n) is 5.57. The highest BCUT2D eigenvalue weighted by atomic mass is 16.2. The van der Waals surface area contributed by atoms with E-state index in [0.29, 0.717) is 12.1 Å². The summed E-state index contributed by atoms with van der Waals surface area (Å²) in [6.45, 7) is 1.87. The van der Waals surface area contributed by atoms with Crippen LogP contribution < -0.4 is 4.90 Å². The van der Waals surface area contributed by atoms with Crippen LogP contribution in [0.4, 0.5) is 5.69 Å². The van der Waals surface area contributed by atoms with Crippen LogP contribution in [-0.2, 0) is 9.59 Å². The largest absolute Gasteiger partial charge is 0.292 e. The Labute approximate surface area is 119 Å². The van der Waals surface area contributed by atoms with Crippen LogP contribution in [0.25, 0.3) is 0 Å². The molecule has 3 rings (SSSR count). The summed E-state index contributed by atoms with van der Waals surface area (Å²) in [6, 6.07) is 8.99. The molecule has 2 heterocycles. The third kappa shape index (κ3) is 2.48. The van der Waals surface area contributed by atoms with Gasteiger partial charge in [-0.2, -0.15) is 0 Å². The molecule has 0 saturated carbocycles. The lowest BCUT2D eigenvalue weighted by molar-refractivity contribution is -0.122. The normalized spacial score (nSPS) is 25.0. The van der Waals surface area contributed by atoms with Gasteiger partial charge in [-0.1, -0.05) is 31.0 Å². The molecule has 4 nitrogen and oxygen atoms in total. The molecule has 0 aliphatic carbocycles. The quantitative estimate of drug-likeness (QED) is 0.775. The van der Waals surface area contributed by atoms with Gasteiger partial charge in [0.2, 0.25) is 5.91 Å². The van der Waals surface area contributed by atoms with Crippen molar-refractivity contribution in [3.63, 3.8) is 0 Å². The summed E-state index contributed by atoms with van der Waals surface area (Å²) in [7, 11) is 0. The Bertz CT molecular complexity index is 492. The number of carbonyl (C=O) groups excluding carboxylic acids is 2. The Morgan fingerprint density at radius 3 is 2.20 bits per heavy atom. The van der Waals surface area contributed by atoms with Gasteiger partial charge in [0, 0.05) is 0 Å². The van der Waals surface area contributed by atoms with E-state index in [1.165, 1.54) is 17.7 Å². The minimum Gasteiger partial charge on any atom is -0.292 e.